The summed E-state index contributed by atoms with van der Waals surface area (Å²) in [5.74, 6) is 0. The molecule has 82 valence electrons. The van der Waals surface area contributed by atoms with Gasteiger partial charge in [0.25, 0.3) is 0 Å². The van der Waals surface area contributed by atoms with Crippen LogP contribution in [0.5, 0.6) is 0 Å². The van der Waals surface area contributed by atoms with Crippen LogP contribution in [0.4, 0.5) is 0 Å². The first kappa shape index (κ1) is 12.3. The largest absolute Gasteiger partial charge is 0.309 e. The molecule has 0 aliphatic rings. The lowest BCUT2D eigenvalue weighted by molar-refractivity contribution is 0.413. The molecule has 0 unspecified atom stereocenters. The van der Waals surface area contributed by atoms with Crippen molar-refractivity contribution < 1.29 is 0 Å². The maximum atomic E-state index is 8.89. The van der Waals surface area contributed by atoms with Gasteiger partial charge >= 0.3 is 0 Å². The summed E-state index contributed by atoms with van der Waals surface area (Å²) >= 11 is 0. The molecule has 0 aliphatic carbocycles. The predicted octanol–water partition coefficient (Wildman–Crippen LogP) is 2.48. The zero-order valence-corrected chi connectivity index (χ0v) is 9.83. The summed E-state index contributed by atoms with van der Waals surface area (Å²) in [4.78, 5) is 2.14. The van der Waals surface area contributed by atoms with Gasteiger partial charge in [0.05, 0.1) is 0 Å². The summed E-state index contributed by atoms with van der Waals surface area (Å²) in [6.45, 7) is 4.52. The van der Waals surface area contributed by atoms with Crippen LogP contribution in [0.15, 0.2) is 36.6 Å². The zero-order chi connectivity index (χ0) is 12.0. The minimum atomic E-state index is 0.506. The highest BCUT2D eigenvalue weighted by atomic mass is 15.0. The highest BCUT2D eigenvalue weighted by molar-refractivity contribution is 5.76. The summed E-state index contributed by atoms with van der Waals surface area (Å²) in [5, 5.41) is 8.89. The Hall–Kier alpha value is -1.81. The van der Waals surface area contributed by atoms with Gasteiger partial charge in [0, 0.05) is 12.1 Å². The molecule has 0 aliphatic heterocycles. The summed E-state index contributed by atoms with van der Waals surface area (Å²) in [7, 11) is 4.10. The molecule has 1 aromatic carbocycles. The lowest BCUT2D eigenvalue weighted by Crippen LogP contribution is -2.15. The second-order valence-electron chi connectivity index (χ2n) is 3.92. The SMILES string of the molecule is C=C=C(C#N)c1cccc(CCN(C)C)c1. The van der Waals surface area contributed by atoms with Crippen molar-refractivity contribution >= 4 is 5.57 Å². The molecule has 2 nitrogen and oxygen atoms in total. The summed E-state index contributed by atoms with van der Waals surface area (Å²) in [6, 6.07) is 10.1. The fourth-order valence-electron chi connectivity index (χ4n) is 1.44. The van der Waals surface area contributed by atoms with E-state index in [1.807, 2.05) is 32.3 Å². The first-order valence-corrected chi connectivity index (χ1v) is 5.21. The van der Waals surface area contributed by atoms with Crippen LogP contribution in [0.1, 0.15) is 11.1 Å². The number of nitrogens with zero attached hydrogens (tertiary/aromatic N) is 2. The van der Waals surface area contributed by atoms with Gasteiger partial charge in [0.2, 0.25) is 0 Å². The first-order valence-electron chi connectivity index (χ1n) is 5.21. The van der Waals surface area contributed by atoms with Crippen LogP contribution in [0.3, 0.4) is 0 Å². The Labute approximate surface area is 97.1 Å². The van der Waals surface area contributed by atoms with Crippen molar-refractivity contribution in [2.45, 2.75) is 6.42 Å². The van der Waals surface area contributed by atoms with Crippen molar-refractivity contribution in [1.29, 1.82) is 5.26 Å². The van der Waals surface area contributed by atoms with Gasteiger partial charge in [0.15, 0.2) is 0 Å². The molecule has 0 bridgehead atoms. The molecule has 16 heavy (non-hydrogen) atoms. The van der Waals surface area contributed by atoms with Crippen molar-refractivity contribution in [2.75, 3.05) is 20.6 Å². The zero-order valence-electron chi connectivity index (χ0n) is 9.83. The summed E-state index contributed by atoms with van der Waals surface area (Å²) in [6.07, 6.45) is 0.983. The molecule has 2 heteroatoms. The van der Waals surface area contributed by atoms with E-state index in [-0.39, 0.29) is 0 Å². The Bertz CT molecular complexity index is 446. The van der Waals surface area contributed by atoms with Gasteiger partial charge in [-0.15, -0.1) is 5.73 Å². The van der Waals surface area contributed by atoms with E-state index < -0.39 is 0 Å². The minimum Gasteiger partial charge on any atom is -0.309 e. The Balaban J connectivity index is 2.88. The van der Waals surface area contributed by atoms with Crippen LogP contribution in [-0.4, -0.2) is 25.5 Å². The van der Waals surface area contributed by atoms with Crippen LogP contribution in [0.25, 0.3) is 5.57 Å². The molecule has 0 aromatic heterocycles. The maximum Gasteiger partial charge on any atom is 0.108 e. The molecule has 0 saturated carbocycles. The van der Waals surface area contributed by atoms with Crippen LogP contribution in [0, 0.1) is 11.3 Å². The number of allylic oxidation sites excluding steroid dienone is 1. The third-order valence-electron chi connectivity index (χ3n) is 2.35. The van der Waals surface area contributed by atoms with E-state index in [4.69, 9.17) is 5.26 Å². The lowest BCUT2D eigenvalue weighted by atomic mass is 10.0. The number of likely N-dealkylation sites (N-methyl/N-ethyl adjacent to an activating group) is 1. The van der Waals surface area contributed by atoms with Crippen molar-refractivity contribution in [2.24, 2.45) is 0 Å². The maximum absolute atomic E-state index is 8.89. The van der Waals surface area contributed by atoms with Crippen molar-refractivity contribution in [3.8, 4) is 6.07 Å². The number of benzene rings is 1. The predicted molar refractivity (Wildman–Crippen MR) is 66.9 cm³/mol. The fourth-order valence-corrected chi connectivity index (χ4v) is 1.44. The number of hydrogen-bond donors (Lipinski definition) is 0. The second kappa shape index (κ2) is 5.92. The number of nitriles is 1. The normalized spacial score (nSPS) is 9.62. The van der Waals surface area contributed by atoms with Gasteiger partial charge in [0.1, 0.15) is 11.6 Å². The van der Waals surface area contributed by atoms with E-state index in [1.165, 1.54) is 5.56 Å². The van der Waals surface area contributed by atoms with E-state index in [1.54, 1.807) is 0 Å². The lowest BCUT2D eigenvalue weighted by Gasteiger charge is -2.09. The third-order valence-corrected chi connectivity index (χ3v) is 2.35. The molecule has 0 radical (unpaired) electrons. The molecule has 0 fully saturated rings. The Morgan fingerprint density at radius 2 is 2.19 bits per heavy atom. The quantitative estimate of drug-likeness (QED) is 0.566. The smallest absolute Gasteiger partial charge is 0.108 e. The average Bonchev–Trinajstić information content (AvgIpc) is 2.29. The van der Waals surface area contributed by atoms with Gasteiger partial charge < -0.3 is 4.90 Å². The standard InChI is InChI=1S/C14H16N2/c1-4-13(11-15)14-7-5-6-12(10-14)8-9-16(2)3/h5-7,10H,1,8-9H2,2-3H3. The topological polar surface area (TPSA) is 27.0 Å². The van der Waals surface area contributed by atoms with E-state index in [0.29, 0.717) is 5.57 Å². The van der Waals surface area contributed by atoms with Gasteiger partial charge in [-0.05, 0) is 32.1 Å². The number of rotatable bonds is 4. The van der Waals surface area contributed by atoms with E-state index in [2.05, 4.69) is 29.3 Å². The molecule has 0 saturated heterocycles. The number of hydrogen-bond acceptors (Lipinski definition) is 2. The molecule has 0 atom stereocenters. The Morgan fingerprint density at radius 3 is 2.75 bits per heavy atom. The van der Waals surface area contributed by atoms with Gasteiger partial charge in [-0.25, -0.2) is 0 Å². The second-order valence-corrected chi connectivity index (χ2v) is 3.92. The Morgan fingerprint density at radius 1 is 1.44 bits per heavy atom. The third kappa shape index (κ3) is 3.40. The molecule has 0 N–H and O–H groups in total. The molecule has 0 amide bonds. The van der Waals surface area contributed by atoms with Gasteiger partial charge in [-0.1, -0.05) is 24.8 Å². The van der Waals surface area contributed by atoms with Crippen molar-refractivity contribution in [1.82, 2.24) is 4.90 Å². The monoisotopic (exact) mass is 212 g/mol. The molecule has 0 spiro atoms. The minimum absolute atomic E-state index is 0.506. The van der Waals surface area contributed by atoms with E-state index >= 15 is 0 Å². The van der Waals surface area contributed by atoms with Crippen LogP contribution in [-0.2, 0) is 6.42 Å². The van der Waals surface area contributed by atoms with E-state index in [0.717, 1.165) is 18.5 Å². The van der Waals surface area contributed by atoms with Crippen LogP contribution < -0.4 is 0 Å². The highest BCUT2D eigenvalue weighted by Gasteiger charge is 2.01. The van der Waals surface area contributed by atoms with Gasteiger partial charge in [-0.2, -0.15) is 5.26 Å². The van der Waals surface area contributed by atoms with Crippen LogP contribution >= 0.6 is 0 Å². The van der Waals surface area contributed by atoms with Crippen LogP contribution in [0.2, 0.25) is 0 Å². The van der Waals surface area contributed by atoms with Gasteiger partial charge in [-0.3, -0.25) is 0 Å². The average molecular weight is 212 g/mol. The highest BCUT2D eigenvalue weighted by Crippen LogP contribution is 2.14. The summed E-state index contributed by atoms with van der Waals surface area (Å²) in [5.41, 5.74) is 5.29. The molecular weight excluding hydrogens is 196 g/mol. The fraction of sp³-hybridized carbons (Fsp3) is 0.286. The first-order chi connectivity index (χ1) is 7.67. The van der Waals surface area contributed by atoms with Crippen molar-refractivity contribution in [3.05, 3.63) is 47.7 Å². The molecule has 0 heterocycles. The molecule has 1 aromatic rings. The van der Waals surface area contributed by atoms with E-state index in [9.17, 15) is 0 Å². The summed E-state index contributed by atoms with van der Waals surface area (Å²) < 4.78 is 0. The van der Waals surface area contributed by atoms with Crippen molar-refractivity contribution in [3.63, 3.8) is 0 Å². The molecular formula is C14H16N2. The Kier molecular flexibility index (Phi) is 4.54. The molecule has 1 rings (SSSR count).